The van der Waals surface area contributed by atoms with Gasteiger partial charge in [0.2, 0.25) is 5.91 Å². The van der Waals surface area contributed by atoms with E-state index < -0.39 is 0 Å². The van der Waals surface area contributed by atoms with Crippen LogP contribution in [-0.4, -0.2) is 41.5 Å². The zero-order valence-electron chi connectivity index (χ0n) is 13.8. The summed E-state index contributed by atoms with van der Waals surface area (Å²) < 4.78 is 20.1. The zero-order valence-corrected chi connectivity index (χ0v) is 13.8. The van der Waals surface area contributed by atoms with E-state index in [0.29, 0.717) is 19.8 Å². The van der Waals surface area contributed by atoms with Gasteiger partial charge in [-0.1, -0.05) is 0 Å². The van der Waals surface area contributed by atoms with Gasteiger partial charge in [0.25, 0.3) is 0 Å². The van der Waals surface area contributed by atoms with E-state index in [4.69, 9.17) is 4.74 Å². The van der Waals surface area contributed by atoms with Crippen LogP contribution in [0.1, 0.15) is 24.2 Å². The summed E-state index contributed by atoms with van der Waals surface area (Å²) in [7, 11) is 0. The first-order valence-corrected chi connectivity index (χ1v) is 7.98. The molecule has 3 rings (SSSR count). The summed E-state index contributed by atoms with van der Waals surface area (Å²) in [4.78, 5) is 12.3. The van der Waals surface area contributed by atoms with E-state index in [1.54, 1.807) is 23.0 Å². The molecule has 1 fully saturated rings. The van der Waals surface area contributed by atoms with E-state index in [1.165, 1.54) is 12.1 Å². The highest BCUT2D eigenvalue weighted by molar-refractivity contribution is 5.82. The normalized spacial score (nSPS) is 19.0. The van der Waals surface area contributed by atoms with Gasteiger partial charge >= 0.3 is 0 Å². The average Bonchev–Trinajstić information content (AvgIpc) is 2.98. The minimum Gasteiger partial charge on any atom is -0.378 e. The Morgan fingerprint density at radius 2 is 2.21 bits per heavy atom. The highest BCUT2D eigenvalue weighted by Gasteiger charge is 2.24. The Balaban J connectivity index is 1.72. The van der Waals surface area contributed by atoms with Crippen molar-refractivity contribution >= 4 is 5.91 Å². The number of carbonyl (C=O) groups is 1. The van der Waals surface area contributed by atoms with Gasteiger partial charge in [0.15, 0.2) is 0 Å². The molecule has 1 saturated heterocycles. The SMILES string of the molecule is Cc1c(C(C)NC(=O)C2COCCN2)cnn1-c1ccc(F)cc1. The zero-order chi connectivity index (χ0) is 17.1. The molecule has 0 bridgehead atoms. The molecular formula is C17H21FN4O2. The molecule has 1 aromatic heterocycles. The quantitative estimate of drug-likeness (QED) is 0.890. The number of nitrogens with zero attached hydrogens (tertiary/aromatic N) is 2. The molecule has 0 radical (unpaired) electrons. The number of rotatable bonds is 4. The van der Waals surface area contributed by atoms with E-state index >= 15 is 0 Å². The molecule has 1 aromatic carbocycles. The summed E-state index contributed by atoms with van der Waals surface area (Å²) in [5.74, 6) is -0.372. The van der Waals surface area contributed by atoms with Crippen LogP contribution in [0.25, 0.3) is 5.69 Å². The van der Waals surface area contributed by atoms with Crippen LogP contribution in [0.4, 0.5) is 4.39 Å². The van der Waals surface area contributed by atoms with Gasteiger partial charge in [-0.3, -0.25) is 4.79 Å². The summed E-state index contributed by atoms with van der Waals surface area (Å²) in [5, 5.41) is 10.5. The standard InChI is InChI=1S/C17H21FN4O2/c1-11(21-17(23)16-10-24-8-7-19-16)15-9-20-22(12(15)2)14-5-3-13(18)4-6-14/h3-6,9,11,16,19H,7-8,10H2,1-2H3,(H,21,23). The molecule has 7 heteroatoms. The molecule has 0 spiro atoms. The van der Waals surface area contributed by atoms with Crippen molar-refractivity contribution in [3.8, 4) is 5.69 Å². The summed E-state index contributed by atoms with van der Waals surface area (Å²) in [6, 6.07) is 5.63. The van der Waals surface area contributed by atoms with Crippen LogP contribution in [0.5, 0.6) is 0 Å². The number of aromatic nitrogens is 2. The predicted molar refractivity (Wildman–Crippen MR) is 87.4 cm³/mol. The average molecular weight is 332 g/mol. The van der Waals surface area contributed by atoms with Crippen molar-refractivity contribution in [1.82, 2.24) is 20.4 Å². The van der Waals surface area contributed by atoms with Crippen LogP contribution in [-0.2, 0) is 9.53 Å². The summed E-state index contributed by atoms with van der Waals surface area (Å²) in [6.45, 7) is 5.53. The van der Waals surface area contributed by atoms with Crippen molar-refractivity contribution in [2.75, 3.05) is 19.8 Å². The number of benzene rings is 1. The molecule has 2 N–H and O–H groups in total. The number of hydrogen-bond acceptors (Lipinski definition) is 4. The maximum Gasteiger partial charge on any atom is 0.240 e. The number of amides is 1. The fraction of sp³-hybridized carbons (Fsp3) is 0.412. The first-order valence-electron chi connectivity index (χ1n) is 7.98. The lowest BCUT2D eigenvalue weighted by Crippen LogP contribution is -2.51. The molecule has 2 heterocycles. The van der Waals surface area contributed by atoms with Gasteiger partial charge in [-0.25, -0.2) is 9.07 Å². The smallest absolute Gasteiger partial charge is 0.240 e. The van der Waals surface area contributed by atoms with Crippen LogP contribution in [0.15, 0.2) is 30.5 Å². The molecule has 0 aliphatic carbocycles. The van der Waals surface area contributed by atoms with Gasteiger partial charge in [0, 0.05) is 17.8 Å². The largest absolute Gasteiger partial charge is 0.378 e. The van der Waals surface area contributed by atoms with E-state index in [-0.39, 0.29) is 23.8 Å². The lowest BCUT2D eigenvalue weighted by atomic mass is 10.1. The van der Waals surface area contributed by atoms with E-state index in [1.807, 2.05) is 13.8 Å². The third-order valence-corrected chi connectivity index (χ3v) is 4.18. The highest BCUT2D eigenvalue weighted by Crippen LogP contribution is 2.20. The maximum absolute atomic E-state index is 13.1. The van der Waals surface area contributed by atoms with Crippen molar-refractivity contribution in [2.24, 2.45) is 0 Å². The Kier molecular flexibility index (Phi) is 4.92. The number of hydrogen-bond donors (Lipinski definition) is 2. The van der Waals surface area contributed by atoms with Gasteiger partial charge in [0.05, 0.1) is 31.1 Å². The number of nitrogens with one attached hydrogen (secondary N) is 2. The minimum absolute atomic E-state index is 0.0869. The second kappa shape index (κ2) is 7.11. The van der Waals surface area contributed by atoms with Crippen LogP contribution < -0.4 is 10.6 Å². The van der Waals surface area contributed by atoms with Crippen molar-refractivity contribution < 1.29 is 13.9 Å². The Morgan fingerprint density at radius 3 is 2.88 bits per heavy atom. The van der Waals surface area contributed by atoms with Gasteiger partial charge in [-0.05, 0) is 38.1 Å². The second-order valence-corrected chi connectivity index (χ2v) is 5.89. The summed E-state index contributed by atoms with van der Waals surface area (Å²) >= 11 is 0. The van der Waals surface area contributed by atoms with E-state index in [0.717, 1.165) is 16.9 Å². The maximum atomic E-state index is 13.1. The van der Waals surface area contributed by atoms with E-state index in [9.17, 15) is 9.18 Å². The molecule has 128 valence electrons. The Morgan fingerprint density at radius 1 is 1.46 bits per heavy atom. The van der Waals surface area contributed by atoms with Crippen LogP contribution >= 0.6 is 0 Å². The number of morpholine rings is 1. The summed E-state index contributed by atoms with van der Waals surface area (Å²) in [5.41, 5.74) is 2.60. The van der Waals surface area contributed by atoms with Crippen LogP contribution in [0, 0.1) is 12.7 Å². The van der Waals surface area contributed by atoms with Crippen molar-refractivity contribution in [3.63, 3.8) is 0 Å². The Hall–Kier alpha value is -2.25. The van der Waals surface area contributed by atoms with Gasteiger partial charge in [-0.15, -0.1) is 0 Å². The van der Waals surface area contributed by atoms with Crippen molar-refractivity contribution in [2.45, 2.75) is 25.9 Å². The molecule has 6 nitrogen and oxygen atoms in total. The molecule has 0 saturated carbocycles. The van der Waals surface area contributed by atoms with Crippen LogP contribution in [0.3, 0.4) is 0 Å². The number of halogens is 1. The predicted octanol–water partition coefficient (Wildman–Crippen LogP) is 1.49. The fourth-order valence-corrected chi connectivity index (χ4v) is 2.82. The fourth-order valence-electron chi connectivity index (χ4n) is 2.82. The number of ether oxygens (including phenoxy) is 1. The van der Waals surface area contributed by atoms with Crippen molar-refractivity contribution in [3.05, 3.63) is 47.5 Å². The second-order valence-electron chi connectivity index (χ2n) is 5.89. The molecule has 2 aromatic rings. The molecular weight excluding hydrogens is 311 g/mol. The first kappa shape index (κ1) is 16.6. The lowest BCUT2D eigenvalue weighted by Gasteiger charge is -2.24. The Bertz CT molecular complexity index is 708. The molecule has 1 aliphatic rings. The third kappa shape index (κ3) is 3.47. The lowest BCUT2D eigenvalue weighted by molar-refractivity contribution is -0.126. The molecule has 2 atom stereocenters. The third-order valence-electron chi connectivity index (χ3n) is 4.18. The Labute approximate surface area is 140 Å². The van der Waals surface area contributed by atoms with Gasteiger partial charge in [-0.2, -0.15) is 5.10 Å². The van der Waals surface area contributed by atoms with Crippen molar-refractivity contribution in [1.29, 1.82) is 0 Å². The number of carbonyl (C=O) groups excluding carboxylic acids is 1. The summed E-state index contributed by atoms with van der Waals surface area (Å²) in [6.07, 6.45) is 1.73. The van der Waals surface area contributed by atoms with Crippen LogP contribution in [0.2, 0.25) is 0 Å². The molecule has 1 amide bonds. The topological polar surface area (TPSA) is 68.2 Å². The van der Waals surface area contributed by atoms with E-state index in [2.05, 4.69) is 15.7 Å². The van der Waals surface area contributed by atoms with Gasteiger partial charge in [0.1, 0.15) is 11.9 Å². The molecule has 2 unspecified atom stereocenters. The monoisotopic (exact) mass is 332 g/mol. The molecule has 24 heavy (non-hydrogen) atoms. The minimum atomic E-state index is -0.325. The first-order chi connectivity index (χ1) is 11.6. The van der Waals surface area contributed by atoms with Gasteiger partial charge < -0.3 is 15.4 Å². The highest BCUT2D eigenvalue weighted by atomic mass is 19.1. The molecule has 1 aliphatic heterocycles.